The average Bonchev–Trinajstić information content (AvgIpc) is 2.61. The summed E-state index contributed by atoms with van der Waals surface area (Å²) in [5.41, 5.74) is 1.60. The highest BCUT2D eigenvalue weighted by Gasteiger charge is 2.13. The van der Waals surface area contributed by atoms with E-state index in [1.165, 1.54) is 36.2 Å². The number of anilines is 2. The molecule has 0 saturated heterocycles. The monoisotopic (exact) mass is 340 g/mol. The maximum absolute atomic E-state index is 12.8. The lowest BCUT2D eigenvalue weighted by atomic mass is 10.2. The molecule has 2 N–H and O–H groups in total. The molecule has 0 heterocycles. The third-order valence-electron chi connectivity index (χ3n) is 3.37. The molecular formula is C18H17FN4O2. The highest BCUT2D eigenvalue weighted by atomic mass is 19.1. The second-order valence-corrected chi connectivity index (χ2v) is 5.35. The zero-order chi connectivity index (χ0) is 18.2. The van der Waals surface area contributed by atoms with E-state index in [2.05, 4.69) is 10.6 Å². The molecule has 0 unspecified atom stereocenters. The van der Waals surface area contributed by atoms with E-state index in [4.69, 9.17) is 5.26 Å². The van der Waals surface area contributed by atoms with Crippen LogP contribution in [-0.4, -0.2) is 36.9 Å². The van der Waals surface area contributed by atoms with Gasteiger partial charge in [0.1, 0.15) is 5.82 Å². The van der Waals surface area contributed by atoms with Crippen molar-refractivity contribution in [1.82, 2.24) is 4.90 Å². The van der Waals surface area contributed by atoms with E-state index in [1.807, 2.05) is 6.07 Å². The minimum absolute atomic E-state index is 0.00475. The van der Waals surface area contributed by atoms with Gasteiger partial charge in [-0.05, 0) is 42.5 Å². The number of amides is 2. The van der Waals surface area contributed by atoms with Gasteiger partial charge >= 0.3 is 0 Å². The van der Waals surface area contributed by atoms with E-state index < -0.39 is 5.82 Å². The molecule has 0 aliphatic rings. The highest BCUT2D eigenvalue weighted by molar-refractivity contribution is 5.94. The molecule has 0 atom stereocenters. The Bertz CT molecular complexity index is 799. The van der Waals surface area contributed by atoms with Gasteiger partial charge in [-0.25, -0.2) is 4.39 Å². The number of hydrogen-bond acceptors (Lipinski definition) is 4. The third kappa shape index (κ3) is 5.62. The Hall–Kier alpha value is -3.40. The Labute approximate surface area is 144 Å². The van der Waals surface area contributed by atoms with E-state index in [0.717, 1.165) is 0 Å². The van der Waals surface area contributed by atoms with Gasteiger partial charge in [-0.2, -0.15) is 5.26 Å². The fourth-order valence-electron chi connectivity index (χ4n) is 2.05. The van der Waals surface area contributed by atoms with Crippen molar-refractivity contribution in [3.63, 3.8) is 0 Å². The SMILES string of the molecule is CN(CC(=O)Nc1ccc(F)cc1)C(=O)CNc1cccc(C#N)c1. The lowest BCUT2D eigenvalue weighted by molar-refractivity contribution is -0.131. The Balaban J connectivity index is 1.82. The summed E-state index contributed by atoms with van der Waals surface area (Å²) in [6.07, 6.45) is 0. The number of carbonyl (C=O) groups excluding carboxylic acids is 2. The molecule has 2 rings (SSSR count). The van der Waals surface area contributed by atoms with Gasteiger partial charge in [0.05, 0.1) is 24.7 Å². The summed E-state index contributed by atoms with van der Waals surface area (Å²) in [5.74, 6) is -1.05. The molecule has 0 fully saturated rings. The predicted octanol–water partition coefficient (Wildman–Crippen LogP) is 2.21. The zero-order valence-electron chi connectivity index (χ0n) is 13.6. The number of benzene rings is 2. The molecule has 2 aromatic carbocycles. The van der Waals surface area contributed by atoms with Crippen LogP contribution < -0.4 is 10.6 Å². The Morgan fingerprint density at radius 2 is 1.88 bits per heavy atom. The molecule has 0 spiro atoms. The first-order valence-corrected chi connectivity index (χ1v) is 7.51. The largest absolute Gasteiger partial charge is 0.376 e. The Morgan fingerprint density at radius 1 is 1.16 bits per heavy atom. The van der Waals surface area contributed by atoms with Crippen molar-refractivity contribution >= 4 is 23.2 Å². The van der Waals surface area contributed by atoms with E-state index in [1.54, 1.807) is 24.3 Å². The van der Waals surface area contributed by atoms with Crippen molar-refractivity contribution in [2.75, 3.05) is 30.8 Å². The van der Waals surface area contributed by atoms with Gasteiger partial charge in [0.25, 0.3) is 0 Å². The van der Waals surface area contributed by atoms with Crippen LogP contribution >= 0.6 is 0 Å². The lowest BCUT2D eigenvalue weighted by Gasteiger charge is -2.17. The number of nitriles is 1. The van der Waals surface area contributed by atoms with Crippen molar-refractivity contribution in [1.29, 1.82) is 5.26 Å². The fraction of sp³-hybridized carbons (Fsp3) is 0.167. The molecule has 0 saturated carbocycles. The number of likely N-dealkylation sites (N-methyl/N-ethyl adjacent to an activating group) is 1. The summed E-state index contributed by atoms with van der Waals surface area (Å²) < 4.78 is 12.8. The molecule has 0 bridgehead atoms. The fourth-order valence-corrected chi connectivity index (χ4v) is 2.05. The van der Waals surface area contributed by atoms with Crippen LogP contribution in [0.3, 0.4) is 0 Å². The number of hydrogen-bond donors (Lipinski definition) is 2. The summed E-state index contributed by atoms with van der Waals surface area (Å²) in [7, 11) is 1.51. The topological polar surface area (TPSA) is 85.2 Å². The smallest absolute Gasteiger partial charge is 0.243 e. The van der Waals surface area contributed by atoms with Crippen LogP contribution in [-0.2, 0) is 9.59 Å². The number of nitrogens with zero attached hydrogens (tertiary/aromatic N) is 2. The summed E-state index contributed by atoms with van der Waals surface area (Å²) >= 11 is 0. The van der Waals surface area contributed by atoms with Crippen LogP contribution in [0.5, 0.6) is 0 Å². The van der Waals surface area contributed by atoms with Crippen LogP contribution in [0.25, 0.3) is 0 Å². The van der Waals surface area contributed by atoms with Crippen molar-refractivity contribution in [3.8, 4) is 6.07 Å². The first-order chi connectivity index (χ1) is 12.0. The van der Waals surface area contributed by atoms with Crippen LogP contribution in [0, 0.1) is 17.1 Å². The summed E-state index contributed by atoms with van der Waals surface area (Å²) in [6.45, 7) is -0.134. The third-order valence-corrected chi connectivity index (χ3v) is 3.37. The molecule has 25 heavy (non-hydrogen) atoms. The Morgan fingerprint density at radius 3 is 2.56 bits per heavy atom. The van der Waals surface area contributed by atoms with Crippen molar-refractivity contribution < 1.29 is 14.0 Å². The molecule has 6 nitrogen and oxygen atoms in total. The first kappa shape index (κ1) is 17.9. The number of halogens is 1. The molecule has 7 heteroatoms. The van der Waals surface area contributed by atoms with Gasteiger partial charge in [-0.15, -0.1) is 0 Å². The number of carbonyl (C=O) groups is 2. The van der Waals surface area contributed by atoms with Gasteiger partial charge in [0, 0.05) is 18.4 Å². The second-order valence-electron chi connectivity index (χ2n) is 5.35. The van der Waals surface area contributed by atoms with Crippen LogP contribution in [0.2, 0.25) is 0 Å². The molecule has 0 aliphatic heterocycles. The van der Waals surface area contributed by atoms with Gasteiger partial charge in [-0.3, -0.25) is 9.59 Å². The molecule has 2 aromatic rings. The van der Waals surface area contributed by atoms with Crippen molar-refractivity contribution in [2.45, 2.75) is 0 Å². The summed E-state index contributed by atoms with van der Waals surface area (Å²) in [4.78, 5) is 25.3. The van der Waals surface area contributed by atoms with Gasteiger partial charge in [0.2, 0.25) is 11.8 Å². The summed E-state index contributed by atoms with van der Waals surface area (Å²) in [6, 6.07) is 14.1. The number of nitrogens with one attached hydrogen (secondary N) is 2. The maximum atomic E-state index is 12.8. The average molecular weight is 340 g/mol. The maximum Gasteiger partial charge on any atom is 0.243 e. The minimum atomic E-state index is -0.392. The van der Waals surface area contributed by atoms with E-state index in [0.29, 0.717) is 16.9 Å². The molecular weight excluding hydrogens is 323 g/mol. The highest BCUT2D eigenvalue weighted by Crippen LogP contribution is 2.10. The van der Waals surface area contributed by atoms with E-state index >= 15 is 0 Å². The molecule has 128 valence electrons. The zero-order valence-corrected chi connectivity index (χ0v) is 13.6. The van der Waals surface area contributed by atoms with Crippen molar-refractivity contribution in [2.24, 2.45) is 0 Å². The van der Waals surface area contributed by atoms with Crippen LogP contribution in [0.1, 0.15) is 5.56 Å². The van der Waals surface area contributed by atoms with Gasteiger partial charge in [-0.1, -0.05) is 6.07 Å². The summed E-state index contributed by atoms with van der Waals surface area (Å²) in [5, 5.41) is 14.3. The first-order valence-electron chi connectivity index (χ1n) is 7.51. The molecule has 0 radical (unpaired) electrons. The molecule has 0 aliphatic carbocycles. The number of rotatable bonds is 6. The van der Waals surface area contributed by atoms with Gasteiger partial charge in [0.15, 0.2) is 0 Å². The Kier molecular flexibility index (Phi) is 6.07. The van der Waals surface area contributed by atoms with Crippen LogP contribution in [0.4, 0.5) is 15.8 Å². The van der Waals surface area contributed by atoms with Gasteiger partial charge < -0.3 is 15.5 Å². The molecule has 2 amide bonds. The predicted molar refractivity (Wildman–Crippen MR) is 92.3 cm³/mol. The van der Waals surface area contributed by atoms with E-state index in [-0.39, 0.29) is 24.9 Å². The standard InChI is InChI=1S/C18H17FN4O2/c1-23(12-17(24)22-15-7-5-14(19)6-8-15)18(25)11-21-16-4-2-3-13(9-16)10-20/h2-9,21H,11-12H2,1H3,(H,22,24). The minimum Gasteiger partial charge on any atom is -0.376 e. The van der Waals surface area contributed by atoms with E-state index in [9.17, 15) is 14.0 Å². The second kappa shape index (κ2) is 8.45. The van der Waals surface area contributed by atoms with Crippen molar-refractivity contribution in [3.05, 3.63) is 59.9 Å². The van der Waals surface area contributed by atoms with Crippen LogP contribution in [0.15, 0.2) is 48.5 Å². The quantitative estimate of drug-likeness (QED) is 0.844. The normalized spacial score (nSPS) is 9.80. The molecule has 0 aromatic heterocycles. The lowest BCUT2D eigenvalue weighted by Crippen LogP contribution is -2.38.